The van der Waals surface area contributed by atoms with Gasteiger partial charge >= 0.3 is 0 Å². The van der Waals surface area contributed by atoms with E-state index in [0.29, 0.717) is 11.1 Å². The molecule has 0 radical (unpaired) electrons. The van der Waals surface area contributed by atoms with Gasteiger partial charge in [0.15, 0.2) is 0 Å². The largest absolute Gasteiger partial charge is 0.508 e. The highest BCUT2D eigenvalue weighted by Crippen LogP contribution is 2.22. The Bertz CT molecular complexity index is 421. The molecular weight excluding hydrogens is 226 g/mol. The van der Waals surface area contributed by atoms with Crippen molar-refractivity contribution in [1.82, 2.24) is 4.90 Å². The standard InChI is InChI=1S/C15H21NO2/c1-12-13(8-7-9-14(12)17)15(18)16-10-5-3-2-4-6-11-16/h7-9,17H,2-6,10-11H2,1H3. The molecular formula is C15H21NO2. The minimum atomic E-state index is 0.0605. The number of aromatic hydroxyl groups is 1. The number of phenolic OH excluding ortho intramolecular Hbond substituents is 1. The van der Waals surface area contributed by atoms with E-state index >= 15 is 0 Å². The van der Waals surface area contributed by atoms with Crippen molar-refractivity contribution in [3.05, 3.63) is 29.3 Å². The van der Waals surface area contributed by atoms with Crippen molar-refractivity contribution in [2.24, 2.45) is 0 Å². The molecule has 2 rings (SSSR count). The number of hydrogen-bond donors (Lipinski definition) is 1. The summed E-state index contributed by atoms with van der Waals surface area (Å²) < 4.78 is 0. The van der Waals surface area contributed by atoms with E-state index in [1.807, 2.05) is 4.90 Å². The molecule has 1 aliphatic heterocycles. The summed E-state index contributed by atoms with van der Waals surface area (Å²) >= 11 is 0. The van der Waals surface area contributed by atoms with Crippen molar-refractivity contribution in [3.8, 4) is 5.75 Å². The normalized spacial score (nSPS) is 17.1. The number of rotatable bonds is 1. The van der Waals surface area contributed by atoms with Crippen LogP contribution in [0, 0.1) is 6.92 Å². The average molecular weight is 247 g/mol. The lowest BCUT2D eigenvalue weighted by Crippen LogP contribution is -2.34. The van der Waals surface area contributed by atoms with Crippen molar-refractivity contribution < 1.29 is 9.90 Å². The highest BCUT2D eigenvalue weighted by Gasteiger charge is 2.19. The highest BCUT2D eigenvalue weighted by atomic mass is 16.3. The third-order valence-electron chi connectivity index (χ3n) is 3.68. The van der Waals surface area contributed by atoms with Gasteiger partial charge in [-0.05, 0) is 31.9 Å². The zero-order chi connectivity index (χ0) is 13.0. The highest BCUT2D eigenvalue weighted by molar-refractivity contribution is 5.96. The van der Waals surface area contributed by atoms with E-state index in [4.69, 9.17) is 0 Å². The fourth-order valence-corrected chi connectivity index (χ4v) is 2.48. The van der Waals surface area contributed by atoms with Gasteiger partial charge < -0.3 is 10.0 Å². The molecule has 3 nitrogen and oxygen atoms in total. The number of carbonyl (C=O) groups excluding carboxylic acids is 1. The summed E-state index contributed by atoms with van der Waals surface area (Å²) in [5.74, 6) is 0.262. The fourth-order valence-electron chi connectivity index (χ4n) is 2.48. The summed E-state index contributed by atoms with van der Waals surface area (Å²) in [5, 5.41) is 9.68. The third kappa shape index (κ3) is 2.84. The van der Waals surface area contributed by atoms with Gasteiger partial charge in [-0.3, -0.25) is 4.79 Å². The van der Waals surface area contributed by atoms with E-state index in [1.165, 1.54) is 19.3 Å². The molecule has 1 aromatic carbocycles. The molecule has 1 saturated heterocycles. The summed E-state index contributed by atoms with van der Waals surface area (Å²) in [7, 11) is 0. The lowest BCUT2D eigenvalue weighted by molar-refractivity contribution is 0.0741. The van der Waals surface area contributed by atoms with Crippen LogP contribution >= 0.6 is 0 Å². The van der Waals surface area contributed by atoms with E-state index in [-0.39, 0.29) is 11.7 Å². The van der Waals surface area contributed by atoms with E-state index in [1.54, 1.807) is 25.1 Å². The van der Waals surface area contributed by atoms with Crippen LogP contribution < -0.4 is 0 Å². The van der Waals surface area contributed by atoms with E-state index in [2.05, 4.69) is 0 Å². The molecule has 3 heteroatoms. The Labute approximate surface area is 108 Å². The van der Waals surface area contributed by atoms with Crippen molar-refractivity contribution in [2.45, 2.75) is 39.0 Å². The molecule has 1 heterocycles. The van der Waals surface area contributed by atoms with Gasteiger partial charge in [-0.1, -0.05) is 25.3 Å². The quantitative estimate of drug-likeness (QED) is 0.828. The van der Waals surface area contributed by atoms with Crippen LogP contribution in [0.3, 0.4) is 0 Å². The monoisotopic (exact) mass is 247 g/mol. The topological polar surface area (TPSA) is 40.5 Å². The van der Waals surface area contributed by atoms with Crippen LogP contribution in [0.2, 0.25) is 0 Å². The van der Waals surface area contributed by atoms with Gasteiger partial charge in [0.25, 0.3) is 5.91 Å². The molecule has 98 valence electrons. The predicted octanol–water partition coefficient (Wildman–Crippen LogP) is 3.11. The molecule has 1 amide bonds. The van der Waals surface area contributed by atoms with Gasteiger partial charge in [0, 0.05) is 24.2 Å². The minimum absolute atomic E-state index is 0.0605. The number of benzene rings is 1. The van der Waals surface area contributed by atoms with Gasteiger partial charge in [0.2, 0.25) is 0 Å². The van der Waals surface area contributed by atoms with Gasteiger partial charge in [-0.25, -0.2) is 0 Å². The second kappa shape index (κ2) is 5.89. The Morgan fingerprint density at radius 2 is 1.72 bits per heavy atom. The predicted molar refractivity (Wildman–Crippen MR) is 71.8 cm³/mol. The van der Waals surface area contributed by atoms with Gasteiger partial charge in [0.1, 0.15) is 5.75 Å². The summed E-state index contributed by atoms with van der Waals surface area (Å²) in [6, 6.07) is 5.16. The Kier molecular flexibility index (Phi) is 4.24. The van der Waals surface area contributed by atoms with Gasteiger partial charge in [0.05, 0.1) is 0 Å². The lowest BCUT2D eigenvalue weighted by Gasteiger charge is -2.25. The SMILES string of the molecule is Cc1c(O)cccc1C(=O)N1CCCCCCC1. The van der Waals surface area contributed by atoms with Crippen molar-refractivity contribution in [2.75, 3.05) is 13.1 Å². The smallest absolute Gasteiger partial charge is 0.254 e. The minimum Gasteiger partial charge on any atom is -0.508 e. The first-order valence-corrected chi connectivity index (χ1v) is 6.78. The van der Waals surface area contributed by atoms with Crippen molar-refractivity contribution >= 4 is 5.91 Å². The first-order valence-electron chi connectivity index (χ1n) is 6.78. The average Bonchev–Trinajstić information content (AvgIpc) is 2.31. The number of hydrogen-bond acceptors (Lipinski definition) is 2. The molecule has 1 aliphatic rings. The van der Waals surface area contributed by atoms with Crippen LogP contribution in [0.15, 0.2) is 18.2 Å². The molecule has 1 N–H and O–H groups in total. The third-order valence-corrected chi connectivity index (χ3v) is 3.68. The first-order chi connectivity index (χ1) is 8.70. The second-order valence-electron chi connectivity index (χ2n) is 5.01. The Hall–Kier alpha value is -1.51. The molecule has 18 heavy (non-hydrogen) atoms. The number of nitrogens with zero attached hydrogens (tertiary/aromatic N) is 1. The van der Waals surface area contributed by atoms with Gasteiger partial charge in [-0.15, -0.1) is 0 Å². The number of amides is 1. The molecule has 0 spiro atoms. The lowest BCUT2D eigenvalue weighted by atomic mass is 10.0. The molecule has 0 unspecified atom stereocenters. The van der Waals surface area contributed by atoms with Gasteiger partial charge in [-0.2, -0.15) is 0 Å². The van der Waals surface area contributed by atoms with E-state index in [9.17, 15) is 9.90 Å². The Morgan fingerprint density at radius 3 is 2.39 bits per heavy atom. The Morgan fingerprint density at radius 1 is 1.11 bits per heavy atom. The van der Waals surface area contributed by atoms with Crippen LogP contribution in [0.4, 0.5) is 0 Å². The van der Waals surface area contributed by atoms with Crippen LogP contribution in [0.1, 0.15) is 48.0 Å². The number of likely N-dealkylation sites (tertiary alicyclic amines) is 1. The van der Waals surface area contributed by atoms with Crippen LogP contribution in [0.5, 0.6) is 5.75 Å². The molecule has 0 atom stereocenters. The molecule has 1 aromatic rings. The van der Waals surface area contributed by atoms with E-state index < -0.39 is 0 Å². The maximum absolute atomic E-state index is 12.5. The zero-order valence-corrected chi connectivity index (χ0v) is 11.0. The number of carbonyl (C=O) groups is 1. The summed E-state index contributed by atoms with van der Waals surface area (Å²) in [6.45, 7) is 3.48. The van der Waals surface area contributed by atoms with Crippen molar-refractivity contribution in [1.29, 1.82) is 0 Å². The first kappa shape index (κ1) is 12.9. The molecule has 0 aliphatic carbocycles. The summed E-state index contributed by atoms with van der Waals surface area (Å²) in [5.41, 5.74) is 1.32. The Balaban J connectivity index is 2.16. The molecule has 0 aromatic heterocycles. The molecule has 0 saturated carbocycles. The van der Waals surface area contributed by atoms with Crippen molar-refractivity contribution in [3.63, 3.8) is 0 Å². The second-order valence-corrected chi connectivity index (χ2v) is 5.01. The van der Waals surface area contributed by atoms with Crippen LogP contribution in [-0.2, 0) is 0 Å². The molecule has 1 fully saturated rings. The maximum Gasteiger partial charge on any atom is 0.254 e. The summed E-state index contributed by atoms with van der Waals surface area (Å²) in [6.07, 6.45) is 5.88. The number of phenols is 1. The van der Waals surface area contributed by atoms with Crippen LogP contribution in [-0.4, -0.2) is 29.0 Å². The fraction of sp³-hybridized carbons (Fsp3) is 0.533. The zero-order valence-electron chi connectivity index (χ0n) is 11.0. The maximum atomic E-state index is 12.5. The van der Waals surface area contributed by atoms with E-state index in [0.717, 1.165) is 25.9 Å². The van der Waals surface area contributed by atoms with Crippen LogP contribution in [0.25, 0.3) is 0 Å². The summed E-state index contributed by atoms with van der Waals surface area (Å²) in [4.78, 5) is 14.4. The molecule has 0 bridgehead atoms.